The van der Waals surface area contributed by atoms with Crippen molar-refractivity contribution in [3.63, 3.8) is 0 Å². The molecule has 2 aromatic rings. The number of nitrogens with zero attached hydrogens (tertiary/aromatic N) is 1. The van der Waals surface area contributed by atoms with Crippen molar-refractivity contribution in [1.29, 1.82) is 5.26 Å². The molecule has 1 amide bonds. The quantitative estimate of drug-likeness (QED) is 0.429. The van der Waals surface area contributed by atoms with Crippen molar-refractivity contribution in [2.75, 3.05) is 11.9 Å². The average molecular weight is 397 g/mol. The van der Waals surface area contributed by atoms with Crippen LogP contribution in [0, 0.1) is 18.3 Å². The van der Waals surface area contributed by atoms with E-state index in [0.717, 1.165) is 11.1 Å². The van der Waals surface area contributed by atoms with E-state index in [1.54, 1.807) is 18.2 Å². The summed E-state index contributed by atoms with van der Waals surface area (Å²) in [4.78, 5) is 24.1. The highest BCUT2D eigenvalue weighted by atomic mass is 35.5. The maximum Gasteiger partial charge on any atom is 0.349 e. The van der Waals surface area contributed by atoms with E-state index in [1.807, 2.05) is 37.3 Å². The summed E-state index contributed by atoms with van der Waals surface area (Å²) in [5, 5.41) is 12.3. The molecule has 28 heavy (non-hydrogen) atoms. The molecule has 1 N–H and O–H groups in total. The first kappa shape index (κ1) is 21.2. The van der Waals surface area contributed by atoms with E-state index in [2.05, 4.69) is 19.2 Å². The van der Waals surface area contributed by atoms with Crippen molar-refractivity contribution >= 4 is 35.2 Å². The van der Waals surface area contributed by atoms with E-state index < -0.39 is 18.5 Å². The van der Waals surface area contributed by atoms with E-state index in [-0.39, 0.29) is 5.57 Å². The fourth-order valence-electron chi connectivity index (χ4n) is 2.40. The summed E-state index contributed by atoms with van der Waals surface area (Å²) < 4.78 is 4.96. The molecule has 2 aromatic carbocycles. The largest absolute Gasteiger partial charge is 0.451 e. The number of nitrogens with one attached hydrogen (secondary N) is 1. The summed E-state index contributed by atoms with van der Waals surface area (Å²) in [5.74, 6) is -0.981. The van der Waals surface area contributed by atoms with Crippen molar-refractivity contribution in [3.8, 4) is 6.07 Å². The molecule has 6 heteroatoms. The molecule has 144 valence electrons. The maximum atomic E-state index is 12.1. The van der Waals surface area contributed by atoms with E-state index in [1.165, 1.54) is 6.08 Å². The highest BCUT2D eigenvalue weighted by Gasteiger charge is 2.14. The zero-order valence-corrected chi connectivity index (χ0v) is 16.7. The molecule has 2 rings (SSSR count). The van der Waals surface area contributed by atoms with Gasteiger partial charge in [-0.3, -0.25) is 4.79 Å². The van der Waals surface area contributed by atoms with Crippen molar-refractivity contribution in [1.82, 2.24) is 0 Å². The topological polar surface area (TPSA) is 79.2 Å². The molecule has 0 spiro atoms. The minimum atomic E-state index is -0.853. The second kappa shape index (κ2) is 9.72. The third-order valence-electron chi connectivity index (χ3n) is 4.06. The highest BCUT2D eigenvalue weighted by Crippen LogP contribution is 2.20. The standard InChI is InChI=1S/C22H21ClN2O3/c1-14(2)17-7-5-16(6-8-17)10-18(12-24)22(27)28-13-21(26)25-20-11-19(23)9-4-15(20)3/h4-11,14H,13H2,1-3H3,(H,25,26)/b18-10+. The fourth-order valence-corrected chi connectivity index (χ4v) is 2.58. The number of esters is 1. The number of ether oxygens (including phenoxy) is 1. The summed E-state index contributed by atoms with van der Waals surface area (Å²) in [6.45, 7) is 5.48. The summed E-state index contributed by atoms with van der Waals surface area (Å²) in [5.41, 5.74) is 3.05. The van der Waals surface area contributed by atoms with Crippen LogP contribution in [0.5, 0.6) is 0 Å². The lowest BCUT2D eigenvalue weighted by Crippen LogP contribution is -2.21. The van der Waals surface area contributed by atoms with Crippen molar-refractivity contribution < 1.29 is 14.3 Å². The van der Waals surface area contributed by atoms with Gasteiger partial charge in [0, 0.05) is 10.7 Å². The predicted molar refractivity (Wildman–Crippen MR) is 110 cm³/mol. The van der Waals surface area contributed by atoms with Gasteiger partial charge in [0.25, 0.3) is 5.91 Å². The minimum Gasteiger partial charge on any atom is -0.451 e. The first-order valence-corrected chi connectivity index (χ1v) is 9.13. The maximum absolute atomic E-state index is 12.1. The van der Waals surface area contributed by atoms with Crippen molar-refractivity contribution in [3.05, 3.63) is 69.8 Å². The van der Waals surface area contributed by atoms with Gasteiger partial charge in [0.15, 0.2) is 6.61 Å². The van der Waals surface area contributed by atoms with Crippen LogP contribution in [0.4, 0.5) is 5.69 Å². The Kier molecular flexibility index (Phi) is 7.36. The Labute approximate surface area is 169 Å². The van der Waals surface area contributed by atoms with Crippen LogP contribution in [0.1, 0.15) is 36.5 Å². The fraction of sp³-hybridized carbons (Fsp3) is 0.227. The third-order valence-corrected chi connectivity index (χ3v) is 4.30. The number of hydrogen-bond acceptors (Lipinski definition) is 4. The molecule has 0 radical (unpaired) electrons. The second-order valence-electron chi connectivity index (χ2n) is 6.57. The first-order valence-electron chi connectivity index (χ1n) is 8.75. The Morgan fingerprint density at radius 1 is 1.21 bits per heavy atom. The van der Waals surface area contributed by atoms with Crippen molar-refractivity contribution in [2.24, 2.45) is 0 Å². The van der Waals surface area contributed by atoms with Gasteiger partial charge in [-0.1, -0.05) is 55.8 Å². The minimum absolute atomic E-state index is 0.177. The predicted octanol–water partition coefficient (Wildman–Crippen LogP) is 4.86. The summed E-state index contributed by atoms with van der Waals surface area (Å²) in [7, 11) is 0. The summed E-state index contributed by atoms with van der Waals surface area (Å²) in [6, 6.07) is 14.4. The number of benzene rings is 2. The molecule has 0 saturated carbocycles. The molecule has 0 aromatic heterocycles. The molecule has 0 heterocycles. The van der Waals surface area contributed by atoms with Crippen LogP contribution in [0.2, 0.25) is 5.02 Å². The van der Waals surface area contributed by atoms with Crippen LogP contribution in [0.3, 0.4) is 0 Å². The van der Waals surface area contributed by atoms with E-state index in [0.29, 0.717) is 22.2 Å². The van der Waals surface area contributed by atoms with Gasteiger partial charge < -0.3 is 10.1 Å². The lowest BCUT2D eigenvalue weighted by Gasteiger charge is -2.09. The number of hydrogen-bond donors (Lipinski definition) is 1. The van der Waals surface area contributed by atoms with Crippen LogP contribution >= 0.6 is 11.6 Å². The second-order valence-corrected chi connectivity index (χ2v) is 7.01. The number of carbonyl (C=O) groups is 2. The van der Waals surface area contributed by atoms with Crippen LogP contribution in [0.15, 0.2) is 48.0 Å². The van der Waals surface area contributed by atoms with Gasteiger partial charge in [0.1, 0.15) is 11.6 Å². The van der Waals surface area contributed by atoms with Gasteiger partial charge in [-0.25, -0.2) is 4.79 Å². The van der Waals surface area contributed by atoms with Crippen LogP contribution in [0.25, 0.3) is 6.08 Å². The summed E-state index contributed by atoms with van der Waals surface area (Å²) in [6.07, 6.45) is 1.44. The molecular weight excluding hydrogens is 376 g/mol. The molecule has 0 aliphatic carbocycles. The number of aryl methyl sites for hydroxylation is 1. The number of carbonyl (C=O) groups excluding carboxylic acids is 2. The third kappa shape index (κ3) is 5.97. The lowest BCUT2D eigenvalue weighted by molar-refractivity contribution is -0.142. The van der Waals surface area contributed by atoms with Gasteiger partial charge in [0.05, 0.1) is 0 Å². The molecule has 0 aliphatic heterocycles. The van der Waals surface area contributed by atoms with E-state index in [4.69, 9.17) is 16.3 Å². The van der Waals surface area contributed by atoms with Gasteiger partial charge in [-0.2, -0.15) is 5.26 Å². The average Bonchev–Trinajstić information content (AvgIpc) is 2.67. The highest BCUT2D eigenvalue weighted by molar-refractivity contribution is 6.31. The van der Waals surface area contributed by atoms with Crippen LogP contribution in [-0.2, 0) is 14.3 Å². The number of nitriles is 1. The molecule has 5 nitrogen and oxygen atoms in total. The normalized spacial score (nSPS) is 11.1. The molecular formula is C22H21ClN2O3. The molecule has 0 aliphatic rings. The Hall–Kier alpha value is -3.10. The number of anilines is 1. The Bertz CT molecular complexity index is 941. The lowest BCUT2D eigenvalue weighted by atomic mass is 10.0. The first-order chi connectivity index (χ1) is 13.3. The van der Waals surface area contributed by atoms with Gasteiger partial charge in [-0.15, -0.1) is 0 Å². The molecule has 0 fully saturated rings. The smallest absolute Gasteiger partial charge is 0.349 e. The van der Waals surface area contributed by atoms with Crippen LogP contribution in [-0.4, -0.2) is 18.5 Å². The molecule has 0 unspecified atom stereocenters. The number of halogens is 1. The van der Waals surface area contributed by atoms with Crippen LogP contribution < -0.4 is 5.32 Å². The van der Waals surface area contributed by atoms with Gasteiger partial charge >= 0.3 is 5.97 Å². The Morgan fingerprint density at radius 3 is 2.50 bits per heavy atom. The summed E-state index contributed by atoms with van der Waals surface area (Å²) >= 11 is 5.91. The van der Waals surface area contributed by atoms with Gasteiger partial charge in [-0.05, 0) is 47.7 Å². The monoisotopic (exact) mass is 396 g/mol. The molecule has 0 saturated heterocycles. The molecule has 0 atom stereocenters. The van der Waals surface area contributed by atoms with Gasteiger partial charge in [0.2, 0.25) is 0 Å². The SMILES string of the molecule is Cc1ccc(Cl)cc1NC(=O)COC(=O)/C(C#N)=C/c1ccc(C(C)C)cc1. The zero-order valence-electron chi connectivity index (χ0n) is 16.0. The molecule has 0 bridgehead atoms. The Balaban J connectivity index is 1.99. The zero-order chi connectivity index (χ0) is 20.7. The van der Waals surface area contributed by atoms with E-state index >= 15 is 0 Å². The number of amides is 1. The van der Waals surface area contributed by atoms with E-state index in [9.17, 15) is 14.9 Å². The Morgan fingerprint density at radius 2 is 1.89 bits per heavy atom. The number of rotatable bonds is 6. The van der Waals surface area contributed by atoms with Crippen molar-refractivity contribution in [2.45, 2.75) is 26.7 Å².